The summed E-state index contributed by atoms with van der Waals surface area (Å²) in [5.41, 5.74) is 3.87. The molecule has 2 aromatic carbocycles. The molecule has 0 saturated heterocycles. The van der Waals surface area contributed by atoms with Gasteiger partial charge in [0, 0.05) is 6.20 Å². The van der Waals surface area contributed by atoms with Gasteiger partial charge in [-0.25, -0.2) is 4.98 Å². The lowest BCUT2D eigenvalue weighted by Crippen LogP contribution is -2.18. The first-order chi connectivity index (χ1) is 12.1. The Kier molecular flexibility index (Phi) is 3.56. The summed E-state index contributed by atoms with van der Waals surface area (Å²) < 4.78 is 2.80. The van der Waals surface area contributed by atoms with Gasteiger partial charge in [0.1, 0.15) is 0 Å². The molecule has 2 heterocycles. The number of nitriles is 1. The van der Waals surface area contributed by atoms with Crippen LogP contribution >= 0.6 is 11.6 Å². The molecule has 0 amide bonds. The standard InChI is InChI=1S/C19H13ClN4O/c1-12-10-23-17-7-6-13(9-21)8-15(17)19(24(25)11-18(23)22-12)14-4-2-3-5-16(14)20/h2-8,10H,11H2,1H3. The molecule has 0 atom stereocenters. The molecule has 0 aliphatic carbocycles. The second-order valence-electron chi connectivity index (χ2n) is 5.88. The van der Waals surface area contributed by atoms with Gasteiger partial charge in [-0.05, 0) is 37.3 Å². The molecule has 1 aliphatic heterocycles. The van der Waals surface area contributed by atoms with E-state index in [9.17, 15) is 10.5 Å². The van der Waals surface area contributed by atoms with Crippen LogP contribution in [0.3, 0.4) is 0 Å². The molecule has 1 aliphatic rings. The Bertz CT molecular complexity index is 1080. The molecule has 0 bridgehead atoms. The van der Waals surface area contributed by atoms with Gasteiger partial charge in [0.05, 0.1) is 39.2 Å². The first-order valence-electron chi connectivity index (χ1n) is 7.75. The van der Waals surface area contributed by atoms with Crippen molar-refractivity contribution in [3.05, 3.63) is 87.1 Å². The molecule has 0 spiro atoms. The highest BCUT2D eigenvalue weighted by molar-refractivity contribution is 6.35. The average Bonchev–Trinajstić information content (AvgIpc) is 2.92. The van der Waals surface area contributed by atoms with E-state index in [1.54, 1.807) is 18.2 Å². The molecule has 0 radical (unpaired) electrons. The van der Waals surface area contributed by atoms with Crippen molar-refractivity contribution in [1.29, 1.82) is 5.26 Å². The summed E-state index contributed by atoms with van der Waals surface area (Å²) >= 11 is 6.35. The fourth-order valence-corrected chi connectivity index (χ4v) is 3.37. The van der Waals surface area contributed by atoms with E-state index in [0.29, 0.717) is 33.2 Å². The number of nitrogens with zero attached hydrogens (tertiary/aromatic N) is 4. The number of benzene rings is 2. The summed E-state index contributed by atoms with van der Waals surface area (Å²) in [7, 11) is 0. The van der Waals surface area contributed by atoms with E-state index >= 15 is 0 Å². The number of hydrogen-bond donors (Lipinski definition) is 0. The molecule has 0 unspecified atom stereocenters. The molecule has 122 valence electrons. The molecule has 5 nitrogen and oxygen atoms in total. The van der Waals surface area contributed by atoms with Crippen molar-refractivity contribution in [2.75, 3.05) is 0 Å². The first-order valence-corrected chi connectivity index (χ1v) is 8.12. The number of hydroxylamine groups is 1. The van der Waals surface area contributed by atoms with Crippen molar-refractivity contribution >= 4 is 17.3 Å². The van der Waals surface area contributed by atoms with Gasteiger partial charge in [0.25, 0.3) is 0 Å². The van der Waals surface area contributed by atoms with Crippen molar-refractivity contribution in [2.24, 2.45) is 0 Å². The van der Waals surface area contributed by atoms with Crippen molar-refractivity contribution in [2.45, 2.75) is 13.5 Å². The number of rotatable bonds is 1. The SMILES string of the molecule is Cc1cn2c(n1)C[N+]([O-])=C(c1ccccc1Cl)c1cc(C#N)ccc1-2. The van der Waals surface area contributed by atoms with Crippen LogP contribution in [0.2, 0.25) is 5.02 Å². The maximum atomic E-state index is 13.0. The summed E-state index contributed by atoms with van der Waals surface area (Å²) in [6, 6.07) is 14.7. The van der Waals surface area contributed by atoms with Crippen LogP contribution in [0.25, 0.3) is 5.69 Å². The van der Waals surface area contributed by atoms with E-state index in [0.717, 1.165) is 16.1 Å². The van der Waals surface area contributed by atoms with Crippen LogP contribution in [0.4, 0.5) is 0 Å². The van der Waals surface area contributed by atoms with Crippen molar-refractivity contribution < 1.29 is 4.74 Å². The Hall–Kier alpha value is -3.10. The predicted octanol–water partition coefficient (Wildman–Crippen LogP) is 3.57. The average molecular weight is 349 g/mol. The maximum absolute atomic E-state index is 13.0. The second-order valence-corrected chi connectivity index (χ2v) is 6.28. The first kappa shape index (κ1) is 15.4. The van der Waals surface area contributed by atoms with Crippen LogP contribution in [0.5, 0.6) is 0 Å². The minimum absolute atomic E-state index is 0.102. The summed E-state index contributed by atoms with van der Waals surface area (Å²) in [5, 5.41) is 22.8. The van der Waals surface area contributed by atoms with Gasteiger partial charge >= 0.3 is 0 Å². The normalized spacial score (nSPS) is 13.0. The Balaban J connectivity index is 2.08. The Morgan fingerprint density at radius 2 is 2.04 bits per heavy atom. The molecule has 0 N–H and O–H groups in total. The van der Waals surface area contributed by atoms with E-state index < -0.39 is 0 Å². The van der Waals surface area contributed by atoms with Crippen LogP contribution in [0.1, 0.15) is 28.2 Å². The van der Waals surface area contributed by atoms with Crippen LogP contribution in [0.15, 0.2) is 48.7 Å². The number of imidazole rings is 1. The van der Waals surface area contributed by atoms with Crippen LogP contribution in [-0.2, 0) is 6.54 Å². The van der Waals surface area contributed by atoms with Gasteiger partial charge in [0.2, 0.25) is 12.3 Å². The van der Waals surface area contributed by atoms with Crippen LogP contribution in [-0.4, -0.2) is 20.0 Å². The zero-order chi connectivity index (χ0) is 17.6. The van der Waals surface area contributed by atoms with E-state index in [-0.39, 0.29) is 6.54 Å². The topological polar surface area (TPSA) is 67.7 Å². The Labute approximate surface area is 149 Å². The summed E-state index contributed by atoms with van der Waals surface area (Å²) in [5.74, 6) is 0.653. The maximum Gasteiger partial charge on any atom is 0.229 e. The van der Waals surface area contributed by atoms with E-state index in [2.05, 4.69) is 11.1 Å². The number of halogens is 1. The molecule has 1 aromatic heterocycles. The highest BCUT2D eigenvalue weighted by Crippen LogP contribution is 2.28. The predicted molar refractivity (Wildman–Crippen MR) is 95.0 cm³/mol. The number of fused-ring (bicyclic) bond motifs is 3. The smallest absolute Gasteiger partial charge is 0.229 e. The van der Waals surface area contributed by atoms with Gasteiger partial charge in [-0.1, -0.05) is 23.7 Å². The Morgan fingerprint density at radius 1 is 1.24 bits per heavy atom. The monoisotopic (exact) mass is 348 g/mol. The molecule has 0 saturated carbocycles. The highest BCUT2D eigenvalue weighted by Gasteiger charge is 2.28. The fraction of sp³-hybridized carbons (Fsp3) is 0.105. The lowest BCUT2D eigenvalue weighted by atomic mass is 9.98. The minimum atomic E-state index is 0.102. The third-order valence-corrected chi connectivity index (χ3v) is 4.53. The van der Waals surface area contributed by atoms with Gasteiger partial charge in [-0.15, -0.1) is 0 Å². The second kappa shape index (κ2) is 5.76. The minimum Gasteiger partial charge on any atom is -0.623 e. The quantitative estimate of drug-likeness (QED) is 0.498. The third-order valence-electron chi connectivity index (χ3n) is 4.20. The number of hydrogen-bond acceptors (Lipinski definition) is 3. The van der Waals surface area contributed by atoms with Gasteiger partial charge in [-0.3, -0.25) is 4.57 Å². The largest absolute Gasteiger partial charge is 0.623 e. The fourth-order valence-electron chi connectivity index (χ4n) is 3.15. The summed E-state index contributed by atoms with van der Waals surface area (Å²) in [6.07, 6.45) is 1.89. The number of aromatic nitrogens is 2. The van der Waals surface area contributed by atoms with Crippen LogP contribution in [0, 0.1) is 23.5 Å². The molecule has 3 aromatic rings. The van der Waals surface area contributed by atoms with Gasteiger partial charge < -0.3 is 5.21 Å². The molecule has 4 rings (SSSR count). The van der Waals surface area contributed by atoms with Gasteiger partial charge in [0.15, 0.2) is 5.82 Å². The zero-order valence-electron chi connectivity index (χ0n) is 13.4. The molecule has 0 fully saturated rings. The summed E-state index contributed by atoms with van der Waals surface area (Å²) in [6.45, 7) is 1.99. The lowest BCUT2D eigenvalue weighted by Gasteiger charge is -2.12. The molecular formula is C19H13ClN4O. The molecule has 25 heavy (non-hydrogen) atoms. The zero-order valence-corrected chi connectivity index (χ0v) is 14.2. The molecule has 6 heteroatoms. The lowest BCUT2D eigenvalue weighted by molar-refractivity contribution is -0.475. The molecular weight excluding hydrogens is 336 g/mol. The van der Waals surface area contributed by atoms with E-state index in [1.165, 1.54) is 0 Å². The highest BCUT2D eigenvalue weighted by atomic mass is 35.5. The Morgan fingerprint density at radius 3 is 2.80 bits per heavy atom. The van der Waals surface area contributed by atoms with E-state index in [4.69, 9.17) is 11.6 Å². The van der Waals surface area contributed by atoms with Crippen molar-refractivity contribution in [3.63, 3.8) is 0 Å². The van der Waals surface area contributed by atoms with E-state index in [1.807, 2.05) is 42.0 Å². The van der Waals surface area contributed by atoms with Gasteiger partial charge in [-0.2, -0.15) is 10.0 Å². The van der Waals surface area contributed by atoms with Crippen LogP contribution < -0.4 is 0 Å². The third kappa shape index (κ3) is 2.48. The van der Waals surface area contributed by atoms with Crippen molar-refractivity contribution in [1.82, 2.24) is 9.55 Å². The summed E-state index contributed by atoms with van der Waals surface area (Å²) in [4.78, 5) is 4.46. The van der Waals surface area contributed by atoms with Crippen molar-refractivity contribution in [3.8, 4) is 11.8 Å². The number of aryl methyl sites for hydroxylation is 1.